The van der Waals surface area contributed by atoms with Crippen LogP contribution in [-0.4, -0.2) is 115 Å². The number of aldehydes is 1. The van der Waals surface area contributed by atoms with Crippen LogP contribution in [0.5, 0.6) is 0 Å². The number of aliphatic hydroxyl groups excluding tert-OH is 8. The van der Waals surface area contributed by atoms with Gasteiger partial charge in [0.15, 0.2) is 12.6 Å². The molecule has 1 fully saturated rings. The second-order valence-electron chi connectivity index (χ2n) is 5.17. The molecule has 0 aromatic rings. The molecular weight excluding hydrogens is 320 g/mol. The third kappa shape index (κ3) is 4.64. The number of hydrogen-bond donors (Lipinski definition) is 8. The van der Waals surface area contributed by atoms with Crippen LogP contribution in [-0.2, 0) is 14.3 Å². The topological polar surface area (TPSA) is 197 Å². The molecule has 0 aromatic carbocycles. The predicted molar refractivity (Wildman–Crippen MR) is 69.8 cm³/mol. The summed E-state index contributed by atoms with van der Waals surface area (Å²) in [6.45, 7) is -1.63. The predicted octanol–water partition coefficient (Wildman–Crippen LogP) is -5.55. The molecule has 0 saturated carbocycles. The Morgan fingerprint density at radius 3 is 2.13 bits per heavy atom. The standard InChI is InChI=1S/C12H22O11/c13-1-4(16)7(18)11(5(17)2-14)23-12-10(21)9(20)8(19)6(3-15)22-12/h2,4-13,15-21H,1,3H2/t4-,5+,6-,7-,8-,9+,10-,11-,12?/m1/s1. The van der Waals surface area contributed by atoms with Crippen LogP contribution in [0.3, 0.4) is 0 Å². The second kappa shape index (κ2) is 8.94. The van der Waals surface area contributed by atoms with Crippen LogP contribution in [0, 0.1) is 0 Å². The molecule has 1 unspecified atom stereocenters. The van der Waals surface area contributed by atoms with Gasteiger partial charge in [-0.3, -0.25) is 0 Å². The van der Waals surface area contributed by atoms with Gasteiger partial charge in [0.2, 0.25) is 0 Å². The number of carbonyl (C=O) groups is 1. The second-order valence-corrected chi connectivity index (χ2v) is 5.17. The highest BCUT2D eigenvalue weighted by molar-refractivity contribution is 5.56. The minimum atomic E-state index is -1.95. The van der Waals surface area contributed by atoms with Gasteiger partial charge in [-0.15, -0.1) is 0 Å². The van der Waals surface area contributed by atoms with E-state index in [9.17, 15) is 35.4 Å². The largest absolute Gasteiger partial charge is 0.394 e. The lowest BCUT2D eigenvalue weighted by atomic mass is 9.98. The summed E-state index contributed by atoms with van der Waals surface area (Å²) in [6, 6.07) is 0. The average molecular weight is 342 g/mol. The van der Waals surface area contributed by atoms with Crippen molar-refractivity contribution in [1.82, 2.24) is 0 Å². The van der Waals surface area contributed by atoms with Crippen LogP contribution in [0.25, 0.3) is 0 Å². The summed E-state index contributed by atoms with van der Waals surface area (Å²) in [7, 11) is 0. The summed E-state index contributed by atoms with van der Waals surface area (Å²) < 4.78 is 10.0. The molecule has 0 aliphatic carbocycles. The van der Waals surface area contributed by atoms with Crippen molar-refractivity contribution >= 4 is 6.29 Å². The molecule has 11 nitrogen and oxygen atoms in total. The summed E-state index contributed by atoms with van der Waals surface area (Å²) in [6.07, 6.45) is -15.7. The van der Waals surface area contributed by atoms with E-state index in [2.05, 4.69) is 0 Å². The molecule has 23 heavy (non-hydrogen) atoms. The molecule has 11 heteroatoms. The molecule has 0 spiro atoms. The highest BCUT2D eigenvalue weighted by Crippen LogP contribution is 2.24. The smallest absolute Gasteiger partial charge is 0.187 e. The molecule has 136 valence electrons. The van der Waals surface area contributed by atoms with Crippen molar-refractivity contribution in [2.75, 3.05) is 13.2 Å². The lowest BCUT2D eigenvalue weighted by molar-refractivity contribution is -0.324. The first-order valence-corrected chi connectivity index (χ1v) is 6.84. The Balaban J connectivity index is 2.91. The van der Waals surface area contributed by atoms with E-state index in [-0.39, 0.29) is 6.29 Å². The van der Waals surface area contributed by atoms with E-state index in [4.69, 9.17) is 19.7 Å². The van der Waals surface area contributed by atoms with Crippen LogP contribution in [0.1, 0.15) is 0 Å². The van der Waals surface area contributed by atoms with Crippen molar-refractivity contribution in [3.05, 3.63) is 0 Å². The van der Waals surface area contributed by atoms with Crippen LogP contribution in [0.15, 0.2) is 0 Å². The molecule has 1 heterocycles. The third-order valence-corrected chi connectivity index (χ3v) is 3.53. The van der Waals surface area contributed by atoms with Crippen molar-refractivity contribution in [1.29, 1.82) is 0 Å². The maximum absolute atomic E-state index is 10.7. The highest BCUT2D eigenvalue weighted by atomic mass is 16.7. The Kier molecular flexibility index (Phi) is 7.89. The Labute approximate surface area is 130 Å². The molecular formula is C12H22O11. The molecule has 1 aliphatic heterocycles. The SMILES string of the molecule is O=C[C@H](O)[C@@H](OC1O[C@H](CO)[C@@H](O)[C@H](O)[C@H]1O)[C@H](O)[C@H](O)CO. The van der Waals surface area contributed by atoms with Gasteiger partial charge in [-0.05, 0) is 0 Å². The van der Waals surface area contributed by atoms with Gasteiger partial charge in [-0.25, -0.2) is 0 Å². The quantitative estimate of drug-likeness (QED) is 0.196. The average Bonchev–Trinajstić information content (AvgIpc) is 2.57. The summed E-state index contributed by atoms with van der Waals surface area (Å²) in [5.74, 6) is 0. The van der Waals surface area contributed by atoms with E-state index in [1.54, 1.807) is 0 Å². The zero-order valence-corrected chi connectivity index (χ0v) is 12.0. The molecule has 0 aromatic heterocycles. The first-order valence-electron chi connectivity index (χ1n) is 6.84. The van der Waals surface area contributed by atoms with E-state index in [1.165, 1.54) is 0 Å². The number of ether oxygens (including phenoxy) is 2. The fourth-order valence-electron chi connectivity index (χ4n) is 2.10. The van der Waals surface area contributed by atoms with Crippen molar-refractivity contribution in [2.45, 2.75) is 55.1 Å². The maximum Gasteiger partial charge on any atom is 0.187 e. The van der Waals surface area contributed by atoms with Crippen molar-refractivity contribution in [2.24, 2.45) is 0 Å². The van der Waals surface area contributed by atoms with Gasteiger partial charge in [0.1, 0.15) is 48.8 Å². The van der Waals surface area contributed by atoms with E-state index in [0.717, 1.165) is 0 Å². The van der Waals surface area contributed by atoms with Crippen LogP contribution < -0.4 is 0 Å². The fraction of sp³-hybridized carbons (Fsp3) is 0.917. The number of aliphatic hydroxyl groups is 8. The van der Waals surface area contributed by atoms with Gasteiger partial charge in [0.05, 0.1) is 13.2 Å². The van der Waals surface area contributed by atoms with Gasteiger partial charge < -0.3 is 55.1 Å². The molecule has 1 saturated heterocycles. The fourth-order valence-corrected chi connectivity index (χ4v) is 2.10. The number of hydrogen-bond acceptors (Lipinski definition) is 11. The molecule has 0 radical (unpaired) electrons. The zero-order chi connectivity index (χ0) is 17.7. The first-order chi connectivity index (χ1) is 10.8. The van der Waals surface area contributed by atoms with Crippen LogP contribution in [0.4, 0.5) is 0 Å². The van der Waals surface area contributed by atoms with Crippen LogP contribution >= 0.6 is 0 Å². The van der Waals surface area contributed by atoms with E-state index < -0.39 is 68.3 Å². The number of rotatable bonds is 8. The molecule has 0 amide bonds. The lowest BCUT2D eigenvalue weighted by Crippen LogP contribution is -2.61. The normalized spacial score (nSPS) is 37.0. The monoisotopic (exact) mass is 342 g/mol. The number of carbonyl (C=O) groups excluding carboxylic acids is 1. The van der Waals surface area contributed by atoms with Crippen molar-refractivity contribution in [3.8, 4) is 0 Å². The van der Waals surface area contributed by atoms with E-state index >= 15 is 0 Å². The summed E-state index contributed by atoms with van der Waals surface area (Å²) in [5, 5.41) is 75.6. The van der Waals surface area contributed by atoms with Gasteiger partial charge in [-0.1, -0.05) is 0 Å². The molecule has 1 aliphatic rings. The maximum atomic E-state index is 10.7. The van der Waals surface area contributed by atoms with Gasteiger partial charge >= 0.3 is 0 Å². The Morgan fingerprint density at radius 2 is 1.65 bits per heavy atom. The van der Waals surface area contributed by atoms with E-state index in [0.29, 0.717) is 0 Å². The van der Waals surface area contributed by atoms with Crippen molar-refractivity contribution in [3.63, 3.8) is 0 Å². The molecule has 9 atom stereocenters. The third-order valence-electron chi connectivity index (χ3n) is 3.53. The summed E-state index contributed by atoms with van der Waals surface area (Å²) in [5.41, 5.74) is 0. The Hall–Kier alpha value is -0.730. The minimum Gasteiger partial charge on any atom is -0.394 e. The van der Waals surface area contributed by atoms with Gasteiger partial charge in [0, 0.05) is 0 Å². The zero-order valence-electron chi connectivity index (χ0n) is 12.0. The molecule has 1 rings (SSSR count). The lowest BCUT2D eigenvalue weighted by Gasteiger charge is -2.41. The summed E-state index contributed by atoms with van der Waals surface area (Å²) >= 11 is 0. The van der Waals surface area contributed by atoms with Gasteiger partial charge in [0.25, 0.3) is 0 Å². The molecule has 0 bridgehead atoms. The van der Waals surface area contributed by atoms with Crippen molar-refractivity contribution < 1.29 is 55.1 Å². The molecule has 8 N–H and O–H groups in total. The first kappa shape index (κ1) is 20.3. The minimum absolute atomic E-state index is 0.0119. The van der Waals surface area contributed by atoms with Crippen LogP contribution in [0.2, 0.25) is 0 Å². The highest BCUT2D eigenvalue weighted by Gasteiger charge is 2.46. The Bertz CT molecular complexity index is 365. The summed E-state index contributed by atoms with van der Waals surface area (Å²) in [4.78, 5) is 10.7. The van der Waals surface area contributed by atoms with E-state index in [1.807, 2.05) is 0 Å². The van der Waals surface area contributed by atoms with Gasteiger partial charge in [-0.2, -0.15) is 0 Å². The Morgan fingerprint density at radius 1 is 1.04 bits per heavy atom.